The summed E-state index contributed by atoms with van der Waals surface area (Å²) in [5.74, 6) is -0.387. The summed E-state index contributed by atoms with van der Waals surface area (Å²) in [5, 5.41) is 2.62. The van der Waals surface area contributed by atoms with E-state index in [9.17, 15) is 9.59 Å². The molecule has 0 radical (unpaired) electrons. The number of amides is 1. The molecular formula is C14H20N2O3S. The SMILES string of the molecule is C[C@@H](NC(=O)CSc1ccncc1)C(=O)OC(C)(C)C. The summed E-state index contributed by atoms with van der Waals surface area (Å²) in [5.41, 5.74) is -0.554. The third-order valence-electron chi connectivity index (χ3n) is 2.16. The van der Waals surface area contributed by atoms with Crippen molar-refractivity contribution in [2.24, 2.45) is 0 Å². The maximum Gasteiger partial charge on any atom is 0.328 e. The van der Waals surface area contributed by atoms with Gasteiger partial charge in [0.1, 0.15) is 11.6 Å². The molecule has 1 aromatic heterocycles. The molecule has 1 amide bonds. The molecule has 1 aromatic rings. The molecule has 6 heteroatoms. The summed E-state index contributed by atoms with van der Waals surface area (Å²) in [6.45, 7) is 6.99. The molecule has 1 heterocycles. The van der Waals surface area contributed by atoms with Gasteiger partial charge in [0.15, 0.2) is 0 Å². The number of esters is 1. The van der Waals surface area contributed by atoms with Crippen LogP contribution in [0.4, 0.5) is 0 Å². The van der Waals surface area contributed by atoms with E-state index in [1.54, 1.807) is 40.1 Å². The van der Waals surface area contributed by atoms with Gasteiger partial charge >= 0.3 is 5.97 Å². The lowest BCUT2D eigenvalue weighted by Gasteiger charge is -2.22. The Morgan fingerprint density at radius 1 is 1.35 bits per heavy atom. The molecule has 0 saturated carbocycles. The Morgan fingerprint density at radius 2 is 1.95 bits per heavy atom. The van der Waals surface area contributed by atoms with Gasteiger partial charge in [-0.25, -0.2) is 4.79 Å². The molecule has 0 aliphatic rings. The number of thioether (sulfide) groups is 1. The Labute approximate surface area is 123 Å². The van der Waals surface area contributed by atoms with Gasteiger partial charge in [0, 0.05) is 17.3 Å². The monoisotopic (exact) mass is 296 g/mol. The van der Waals surface area contributed by atoms with Crippen LogP contribution < -0.4 is 5.32 Å². The Balaban J connectivity index is 2.36. The summed E-state index contributed by atoms with van der Waals surface area (Å²) in [6, 6.07) is 3.00. The van der Waals surface area contributed by atoms with Crippen LogP contribution in [0, 0.1) is 0 Å². The van der Waals surface area contributed by atoms with Crippen molar-refractivity contribution in [2.45, 2.75) is 44.2 Å². The van der Waals surface area contributed by atoms with Gasteiger partial charge in [0.25, 0.3) is 0 Å². The lowest BCUT2D eigenvalue weighted by Crippen LogP contribution is -2.42. The van der Waals surface area contributed by atoms with Crippen molar-refractivity contribution in [3.8, 4) is 0 Å². The van der Waals surface area contributed by atoms with Gasteiger partial charge in [-0.1, -0.05) is 0 Å². The molecule has 0 aromatic carbocycles. The zero-order valence-corrected chi connectivity index (χ0v) is 13.0. The van der Waals surface area contributed by atoms with Gasteiger partial charge in [-0.2, -0.15) is 0 Å². The average molecular weight is 296 g/mol. The zero-order chi connectivity index (χ0) is 15.2. The van der Waals surface area contributed by atoms with E-state index in [2.05, 4.69) is 10.3 Å². The summed E-state index contributed by atoms with van der Waals surface area (Å²) in [6.07, 6.45) is 3.34. The third-order valence-corrected chi connectivity index (χ3v) is 3.17. The second-order valence-electron chi connectivity index (χ2n) is 5.29. The minimum absolute atomic E-state index is 0.204. The number of hydrogen-bond acceptors (Lipinski definition) is 5. The number of carbonyl (C=O) groups excluding carboxylic acids is 2. The lowest BCUT2D eigenvalue weighted by molar-refractivity contribution is -0.157. The molecule has 0 saturated heterocycles. The van der Waals surface area contributed by atoms with Gasteiger partial charge in [-0.15, -0.1) is 11.8 Å². The molecule has 0 bridgehead atoms. The van der Waals surface area contributed by atoms with Crippen LogP contribution in [0.15, 0.2) is 29.4 Å². The maximum atomic E-state index is 11.7. The van der Waals surface area contributed by atoms with Gasteiger partial charge < -0.3 is 10.1 Å². The molecule has 1 rings (SSSR count). The molecule has 0 aliphatic carbocycles. The van der Waals surface area contributed by atoms with Crippen molar-refractivity contribution < 1.29 is 14.3 Å². The van der Waals surface area contributed by atoms with Crippen molar-refractivity contribution in [1.29, 1.82) is 0 Å². The van der Waals surface area contributed by atoms with Crippen molar-refractivity contribution in [3.63, 3.8) is 0 Å². The quantitative estimate of drug-likeness (QED) is 0.665. The minimum atomic E-state index is -0.653. The fourth-order valence-electron chi connectivity index (χ4n) is 1.32. The number of rotatable bonds is 5. The van der Waals surface area contributed by atoms with Gasteiger partial charge in [-0.05, 0) is 39.8 Å². The number of aromatic nitrogens is 1. The molecule has 1 atom stereocenters. The highest BCUT2D eigenvalue weighted by Gasteiger charge is 2.22. The third kappa shape index (κ3) is 6.56. The van der Waals surface area contributed by atoms with Crippen LogP contribution in [0.25, 0.3) is 0 Å². The molecule has 0 spiro atoms. The highest BCUT2D eigenvalue weighted by Crippen LogP contribution is 2.15. The number of nitrogens with one attached hydrogen (secondary N) is 1. The summed E-state index contributed by atoms with van der Waals surface area (Å²) >= 11 is 1.39. The highest BCUT2D eigenvalue weighted by molar-refractivity contribution is 8.00. The van der Waals surface area contributed by atoms with Crippen molar-refractivity contribution in [1.82, 2.24) is 10.3 Å². The number of ether oxygens (including phenoxy) is 1. The van der Waals surface area contributed by atoms with Crippen LogP contribution in [-0.4, -0.2) is 34.3 Å². The molecule has 0 aliphatic heterocycles. The van der Waals surface area contributed by atoms with E-state index < -0.39 is 17.6 Å². The first-order chi connectivity index (χ1) is 9.28. The fourth-order valence-corrected chi connectivity index (χ4v) is 2.01. The first-order valence-electron chi connectivity index (χ1n) is 6.33. The molecule has 1 N–H and O–H groups in total. The highest BCUT2D eigenvalue weighted by atomic mass is 32.2. The average Bonchev–Trinajstić information content (AvgIpc) is 2.35. The molecule has 20 heavy (non-hydrogen) atoms. The first kappa shape index (κ1) is 16.5. The van der Waals surface area contributed by atoms with Crippen LogP contribution >= 0.6 is 11.8 Å². The molecule has 110 valence electrons. The second-order valence-corrected chi connectivity index (χ2v) is 6.34. The van der Waals surface area contributed by atoms with E-state index in [0.29, 0.717) is 0 Å². The van der Waals surface area contributed by atoms with Crippen molar-refractivity contribution in [2.75, 3.05) is 5.75 Å². The van der Waals surface area contributed by atoms with Crippen molar-refractivity contribution in [3.05, 3.63) is 24.5 Å². The topological polar surface area (TPSA) is 68.3 Å². The van der Waals surface area contributed by atoms with Crippen LogP contribution in [-0.2, 0) is 14.3 Å². The smallest absolute Gasteiger partial charge is 0.328 e. The Bertz CT molecular complexity index is 457. The number of carbonyl (C=O) groups is 2. The van der Waals surface area contributed by atoms with Crippen LogP contribution in [0.2, 0.25) is 0 Å². The maximum absolute atomic E-state index is 11.7. The van der Waals surface area contributed by atoms with Gasteiger partial charge in [0.05, 0.1) is 5.75 Å². The fraction of sp³-hybridized carbons (Fsp3) is 0.500. The number of hydrogen-bond donors (Lipinski definition) is 1. The molecule has 5 nitrogen and oxygen atoms in total. The normalized spacial score (nSPS) is 12.6. The minimum Gasteiger partial charge on any atom is -0.458 e. The van der Waals surface area contributed by atoms with E-state index in [-0.39, 0.29) is 11.7 Å². The van der Waals surface area contributed by atoms with E-state index in [0.717, 1.165) is 4.90 Å². The summed E-state index contributed by atoms with van der Waals surface area (Å²) in [7, 11) is 0. The molecular weight excluding hydrogens is 276 g/mol. The zero-order valence-electron chi connectivity index (χ0n) is 12.2. The van der Waals surface area contributed by atoms with E-state index >= 15 is 0 Å². The number of nitrogens with zero attached hydrogens (tertiary/aromatic N) is 1. The standard InChI is InChI=1S/C14H20N2O3S/c1-10(13(18)19-14(2,3)4)16-12(17)9-20-11-5-7-15-8-6-11/h5-8,10H,9H2,1-4H3,(H,16,17)/t10-/m1/s1. The molecule has 0 unspecified atom stereocenters. The van der Waals surface area contributed by atoms with Crippen LogP contribution in [0.3, 0.4) is 0 Å². The van der Waals surface area contributed by atoms with Gasteiger partial charge in [0.2, 0.25) is 5.91 Å². The second kappa shape index (κ2) is 7.28. The van der Waals surface area contributed by atoms with Crippen LogP contribution in [0.5, 0.6) is 0 Å². The van der Waals surface area contributed by atoms with E-state index in [1.807, 2.05) is 12.1 Å². The van der Waals surface area contributed by atoms with E-state index in [4.69, 9.17) is 4.74 Å². The largest absolute Gasteiger partial charge is 0.458 e. The Hall–Kier alpha value is -1.56. The molecule has 0 fully saturated rings. The Morgan fingerprint density at radius 3 is 2.50 bits per heavy atom. The Kier molecular flexibility index (Phi) is 6.01. The predicted molar refractivity (Wildman–Crippen MR) is 78.4 cm³/mol. The summed E-state index contributed by atoms with van der Waals surface area (Å²) < 4.78 is 5.19. The van der Waals surface area contributed by atoms with E-state index in [1.165, 1.54) is 11.8 Å². The number of pyridine rings is 1. The van der Waals surface area contributed by atoms with Gasteiger partial charge in [-0.3, -0.25) is 9.78 Å². The predicted octanol–water partition coefficient (Wildman–Crippen LogP) is 2.02. The summed E-state index contributed by atoms with van der Waals surface area (Å²) in [4.78, 5) is 28.3. The van der Waals surface area contributed by atoms with Crippen LogP contribution in [0.1, 0.15) is 27.7 Å². The first-order valence-corrected chi connectivity index (χ1v) is 7.31. The van der Waals surface area contributed by atoms with Crippen molar-refractivity contribution >= 4 is 23.6 Å². The lowest BCUT2D eigenvalue weighted by atomic mass is 10.2.